The molecule has 2 nitrogen and oxygen atoms in total. The molecule has 0 saturated carbocycles. The molecule has 2 aromatic rings. The van der Waals surface area contributed by atoms with E-state index in [1.165, 1.54) is 5.39 Å². The van der Waals surface area contributed by atoms with Crippen molar-refractivity contribution >= 4 is 26.8 Å². The number of rotatable bonds is 1. The third kappa shape index (κ3) is 1.38. The minimum atomic E-state index is 0.0625. The number of nitrogens with two attached hydrogens (primary N) is 1. The first-order valence-electron chi connectivity index (χ1n) is 4.21. The van der Waals surface area contributed by atoms with Crippen LogP contribution in [0.3, 0.4) is 0 Å². The maximum Gasteiger partial charge on any atom is 0.0468 e. The van der Waals surface area contributed by atoms with Crippen LogP contribution in [0.1, 0.15) is 18.5 Å². The largest absolute Gasteiger partial charge is 0.361 e. The van der Waals surface area contributed by atoms with E-state index in [9.17, 15) is 0 Å². The number of aromatic amines is 1. The molecule has 0 saturated heterocycles. The van der Waals surface area contributed by atoms with E-state index in [-0.39, 0.29) is 6.04 Å². The Morgan fingerprint density at radius 1 is 1.46 bits per heavy atom. The van der Waals surface area contributed by atoms with Gasteiger partial charge in [0.05, 0.1) is 0 Å². The minimum absolute atomic E-state index is 0.0625. The van der Waals surface area contributed by atoms with Crippen molar-refractivity contribution in [2.75, 3.05) is 0 Å². The molecule has 1 aromatic heterocycles. The summed E-state index contributed by atoms with van der Waals surface area (Å²) in [6.07, 6.45) is 1.97. The normalized spacial score (nSPS) is 13.5. The van der Waals surface area contributed by atoms with Gasteiger partial charge in [0, 0.05) is 27.6 Å². The molecule has 0 spiro atoms. The summed E-state index contributed by atoms with van der Waals surface area (Å²) in [7, 11) is 0. The zero-order valence-corrected chi connectivity index (χ0v) is 8.93. The lowest BCUT2D eigenvalue weighted by molar-refractivity contribution is 0.826. The summed E-state index contributed by atoms with van der Waals surface area (Å²) in [6, 6.07) is 6.15. The van der Waals surface area contributed by atoms with Crippen molar-refractivity contribution in [2.24, 2.45) is 5.73 Å². The quantitative estimate of drug-likeness (QED) is 0.789. The predicted molar refractivity (Wildman–Crippen MR) is 58.6 cm³/mol. The zero-order valence-electron chi connectivity index (χ0n) is 7.34. The number of fused-ring (bicyclic) bond motifs is 1. The van der Waals surface area contributed by atoms with Crippen molar-refractivity contribution in [1.29, 1.82) is 0 Å². The van der Waals surface area contributed by atoms with Gasteiger partial charge in [-0.1, -0.05) is 22.0 Å². The van der Waals surface area contributed by atoms with Gasteiger partial charge in [0.2, 0.25) is 0 Å². The molecule has 13 heavy (non-hydrogen) atoms. The van der Waals surface area contributed by atoms with E-state index < -0.39 is 0 Å². The van der Waals surface area contributed by atoms with Gasteiger partial charge in [0.25, 0.3) is 0 Å². The first kappa shape index (κ1) is 8.78. The van der Waals surface area contributed by atoms with E-state index in [1.807, 2.05) is 31.3 Å². The summed E-state index contributed by atoms with van der Waals surface area (Å²) in [5.74, 6) is 0. The van der Waals surface area contributed by atoms with Gasteiger partial charge in [-0.15, -0.1) is 0 Å². The smallest absolute Gasteiger partial charge is 0.0468 e. The number of aromatic nitrogens is 1. The maximum atomic E-state index is 5.85. The summed E-state index contributed by atoms with van der Waals surface area (Å²) in [5, 5.41) is 1.19. The molecule has 0 bridgehead atoms. The lowest BCUT2D eigenvalue weighted by atomic mass is 10.1. The lowest BCUT2D eigenvalue weighted by Crippen LogP contribution is -2.03. The number of benzene rings is 1. The molecule has 0 aliphatic rings. The SMILES string of the molecule is C[C@@H](N)c1c[nH]c2cccc(Br)c12. The molecule has 3 heteroatoms. The molecular formula is C10H11BrN2. The van der Waals surface area contributed by atoms with Crippen molar-refractivity contribution in [2.45, 2.75) is 13.0 Å². The van der Waals surface area contributed by atoms with Crippen LogP contribution in [0.5, 0.6) is 0 Å². The summed E-state index contributed by atoms with van der Waals surface area (Å²) >= 11 is 3.52. The van der Waals surface area contributed by atoms with Gasteiger partial charge in [0.1, 0.15) is 0 Å². The lowest BCUT2D eigenvalue weighted by Gasteiger charge is -2.03. The molecule has 0 amide bonds. The molecule has 0 radical (unpaired) electrons. The Hall–Kier alpha value is -0.800. The van der Waals surface area contributed by atoms with Crippen molar-refractivity contribution in [3.05, 3.63) is 34.4 Å². The number of hydrogen-bond donors (Lipinski definition) is 2. The standard InChI is InChI=1S/C10H11BrN2/c1-6(12)7-5-13-9-4-2-3-8(11)10(7)9/h2-6,13H,12H2,1H3/t6-/m1/s1. The van der Waals surface area contributed by atoms with Gasteiger partial charge in [-0.3, -0.25) is 0 Å². The predicted octanol–water partition coefficient (Wildman–Crippen LogP) is 2.95. The van der Waals surface area contributed by atoms with Crippen LogP contribution in [0.2, 0.25) is 0 Å². The molecular weight excluding hydrogens is 228 g/mol. The molecule has 68 valence electrons. The number of nitrogens with one attached hydrogen (secondary N) is 1. The third-order valence-electron chi connectivity index (χ3n) is 2.18. The second kappa shape index (κ2) is 3.16. The summed E-state index contributed by atoms with van der Waals surface area (Å²) < 4.78 is 1.10. The van der Waals surface area contributed by atoms with Crippen molar-refractivity contribution in [1.82, 2.24) is 4.98 Å². The highest BCUT2D eigenvalue weighted by atomic mass is 79.9. The Labute approximate surface area is 85.3 Å². The second-order valence-electron chi connectivity index (χ2n) is 3.20. The van der Waals surface area contributed by atoms with Gasteiger partial charge in [-0.2, -0.15) is 0 Å². The highest BCUT2D eigenvalue weighted by Crippen LogP contribution is 2.29. The van der Waals surface area contributed by atoms with Crippen molar-refractivity contribution < 1.29 is 0 Å². The maximum absolute atomic E-state index is 5.85. The van der Waals surface area contributed by atoms with Crippen LogP contribution in [0, 0.1) is 0 Å². The Morgan fingerprint density at radius 3 is 2.92 bits per heavy atom. The van der Waals surface area contributed by atoms with E-state index in [1.54, 1.807) is 0 Å². The minimum Gasteiger partial charge on any atom is -0.361 e. The first-order valence-corrected chi connectivity index (χ1v) is 5.00. The fraction of sp³-hybridized carbons (Fsp3) is 0.200. The van der Waals surface area contributed by atoms with Gasteiger partial charge >= 0.3 is 0 Å². The molecule has 1 heterocycles. The van der Waals surface area contributed by atoms with Gasteiger partial charge in [-0.05, 0) is 24.6 Å². The van der Waals surface area contributed by atoms with Gasteiger partial charge in [-0.25, -0.2) is 0 Å². The molecule has 0 unspecified atom stereocenters. The molecule has 0 aliphatic heterocycles. The first-order chi connectivity index (χ1) is 6.20. The van der Waals surface area contributed by atoms with E-state index in [2.05, 4.69) is 20.9 Å². The second-order valence-corrected chi connectivity index (χ2v) is 4.05. The molecule has 1 atom stereocenters. The molecule has 0 fully saturated rings. The molecule has 3 N–H and O–H groups in total. The Bertz CT molecular complexity index is 431. The van der Waals surface area contributed by atoms with Crippen molar-refractivity contribution in [3.8, 4) is 0 Å². The van der Waals surface area contributed by atoms with Crippen LogP contribution in [-0.2, 0) is 0 Å². The highest BCUT2D eigenvalue weighted by molar-refractivity contribution is 9.10. The van der Waals surface area contributed by atoms with Crippen LogP contribution < -0.4 is 5.73 Å². The fourth-order valence-corrected chi connectivity index (χ4v) is 2.12. The summed E-state index contributed by atoms with van der Waals surface area (Å²) in [4.78, 5) is 3.20. The highest BCUT2D eigenvalue weighted by Gasteiger charge is 2.09. The summed E-state index contributed by atoms with van der Waals surface area (Å²) in [6.45, 7) is 1.99. The average molecular weight is 239 g/mol. The number of H-pyrrole nitrogens is 1. The van der Waals surface area contributed by atoms with Gasteiger partial charge < -0.3 is 10.7 Å². The molecule has 2 rings (SSSR count). The molecule has 1 aromatic carbocycles. The Kier molecular flexibility index (Phi) is 2.14. The number of hydrogen-bond acceptors (Lipinski definition) is 1. The topological polar surface area (TPSA) is 41.8 Å². The summed E-state index contributed by atoms with van der Waals surface area (Å²) in [5.41, 5.74) is 8.13. The van der Waals surface area contributed by atoms with E-state index in [0.29, 0.717) is 0 Å². The third-order valence-corrected chi connectivity index (χ3v) is 2.84. The number of halogens is 1. The Balaban J connectivity index is 2.79. The zero-order chi connectivity index (χ0) is 9.42. The van der Waals surface area contributed by atoms with Crippen molar-refractivity contribution in [3.63, 3.8) is 0 Å². The Morgan fingerprint density at radius 2 is 2.23 bits per heavy atom. The van der Waals surface area contributed by atoms with Crippen LogP contribution in [0.15, 0.2) is 28.9 Å². The molecule has 0 aliphatic carbocycles. The van der Waals surface area contributed by atoms with E-state index in [0.717, 1.165) is 15.6 Å². The van der Waals surface area contributed by atoms with E-state index in [4.69, 9.17) is 5.73 Å². The average Bonchev–Trinajstić information content (AvgIpc) is 2.49. The van der Waals surface area contributed by atoms with Gasteiger partial charge in [0.15, 0.2) is 0 Å². The van der Waals surface area contributed by atoms with Crippen LogP contribution >= 0.6 is 15.9 Å². The van der Waals surface area contributed by atoms with Crippen LogP contribution in [-0.4, -0.2) is 4.98 Å². The van der Waals surface area contributed by atoms with Crippen LogP contribution in [0.4, 0.5) is 0 Å². The van der Waals surface area contributed by atoms with Crippen LogP contribution in [0.25, 0.3) is 10.9 Å². The monoisotopic (exact) mass is 238 g/mol. The van der Waals surface area contributed by atoms with E-state index >= 15 is 0 Å². The fourth-order valence-electron chi connectivity index (χ4n) is 1.52.